The van der Waals surface area contributed by atoms with Gasteiger partial charge in [-0.15, -0.1) is 0 Å². The van der Waals surface area contributed by atoms with Crippen molar-refractivity contribution in [3.63, 3.8) is 0 Å². The molecule has 0 radical (unpaired) electrons. The van der Waals surface area contributed by atoms with Gasteiger partial charge in [-0.3, -0.25) is 4.79 Å². The van der Waals surface area contributed by atoms with Gasteiger partial charge in [0.1, 0.15) is 0 Å². The van der Waals surface area contributed by atoms with Crippen LogP contribution in [0.5, 0.6) is 0 Å². The molecule has 0 bridgehead atoms. The smallest absolute Gasteiger partial charge is 0.184 e. The van der Waals surface area contributed by atoms with E-state index in [0.29, 0.717) is 5.92 Å². The van der Waals surface area contributed by atoms with Gasteiger partial charge in [0.15, 0.2) is 5.78 Å². The monoisotopic (exact) mass is 164 g/mol. The van der Waals surface area contributed by atoms with Crippen LogP contribution < -0.4 is 0 Å². The van der Waals surface area contributed by atoms with Crippen LogP contribution in [-0.2, 0) is 4.79 Å². The Morgan fingerprint density at radius 2 is 2.17 bits per heavy atom. The lowest BCUT2D eigenvalue weighted by Crippen LogP contribution is -1.95. The number of hydrogen-bond acceptors (Lipinski definition) is 1. The van der Waals surface area contributed by atoms with Gasteiger partial charge in [-0.2, -0.15) is 0 Å². The average Bonchev–Trinajstić information content (AvgIpc) is 2.30. The second-order valence-electron chi connectivity index (χ2n) is 3.79. The standard InChI is InChI=1S/C11H16O/c1-8(2)4-6-10-7-5-9(3)11(10)12/h6,8H,3-5,7H2,1-2H3. The van der Waals surface area contributed by atoms with Crippen LogP contribution in [0.3, 0.4) is 0 Å². The highest BCUT2D eigenvalue weighted by Gasteiger charge is 2.20. The summed E-state index contributed by atoms with van der Waals surface area (Å²) in [5.74, 6) is 0.829. The van der Waals surface area contributed by atoms with E-state index in [1.165, 1.54) is 0 Å². The van der Waals surface area contributed by atoms with Crippen LogP contribution in [0.4, 0.5) is 0 Å². The summed E-state index contributed by atoms with van der Waals surface area (Å²) in [5, 5.41) is 0. The molecule has 0 saturated heterocycles. The molecule has 1 aliphatic carbocycles. The van der Waals surface area contributed by atoms with Crippen molar-refractivity contribution in [3.8, 4) is 0 Å². The molecule has 1 heteroatoms. The van der Waals surface area contributed by atoms with Crippen LogP contribution in [0.15, 0.2) is 23.8 Å². The highest BCUT2D eigenvalue weighted by molar-refractivity contribution is 6.10. The summed E-state index contributed by atoms with van der Waals surface area (Å²) in [7, 11) is 0. The Bertz CT molecular complexity index is 233. The number of carbonyl (C=O) groups is 1. The molecule has 0 unspecified atom stereocenters. The molecule has 0 heterocycles. The number of hydrogen-bond donors (Lipinski definition) is 0. The SMILES string of the molecule is C=C1CCC(=CCC(C)C)C1=O. The maximum Gasteiger partial charge on any atom is 0.184 e. The molecule has 0 N–H and O–H groups in total. The van der Waals surface area contributed by atoms with Crippen LogP contribution in [0.1, 0.15) is 33.1 Å². The van der Waals surface area contributed by atoms with E-state index in [9.17, 15) is 4.79 Å². The van der Waals surface area contributed by atoms with E-state index in [4.69, 9.17) is 0 Å². The fourth-order valence-electron chi connectivity index (χ4n) is 1.31. The molecular formula is C11H16O. The second kappa shape index (κ2) is 3.70. The molecule has 0 spiro atoms. The van der Waals surface area contributed by atoms with Crippen molar-refractivity contribution in [3.05, 3.63) is 23.8 Å². The van der Waals surface area contributed by atoms with Gasteiger partial charge in [-0.25, -0.2) is 0 Å². The molecule has 0 aromatic rings. The summed E-state index contributed by atoms with van der Waals surface area (Å²) in [6.07, 6.45) is 4.85. The molecule has 0 aromatic carbocycles. The number of rotatable bonds is 2. The zero-order valence-corrected chi connectivity index (χ0v) is 7.89. The van der Waals surface area contributed by atoms with E-state index in [1.54, 1.807) is 0 Å². The van der Waals surface area contributed by atoms with Crippen molar-refractivity contribution in [2.45, 2.75) is 33.1 Å². The van der Waals surface area contributed by atoms with Gasteiger partial charge in [0.05, 0.1) is 0 Å². The van der Waals surface area contributed by atoms with Gasteiger partial charge in [-0.05, 0) is 36.3 Å². The van der Waals surface area contributed by atoms with E-state index in [0.717, 1.165) is 30.4 Å². The molecule has 0 aromatic heterocycles. The molecule has 0 atom stereocenters. The lowest BCUT2D eigenvalue weighted by atomic mass is 10.1. The number of Topliss-reactive ketones (excluding diaryl/α,β-unsaturated/α-hetero) is 1. The van der Waals surface area contributed by atoms with Gasteiger partial charge < -0.3 is 0 Å². The normalized spacial score (nSPS) is 21.4. The number of carbonyl (C=O) groups excluding carboxylic acids is 1. The minimum absolute atomic E-state index is 0.190. The summed E-state index contributed by atoms with van der Waals surface area (Å²) < 4.78 is 0. The second-order valence-corrected chi connectivity index (χ2v) is 3.79. The average molecular weight is 164 g/mol. The van der Waals surface area contributed by atoms with E-state index < -0.39 is 0 Å². The number of allylic oxidation sites excluding steroid dienone is 3. The van der Waals surface area contributed by atoms with Crippen molar-refractivity contribution in [2.75, 3.05) is 0 Å². The molecule has 66 valence electrons. The number of ketones is 1. The maximum absolute atomic E-state index is 11.4. The minimum atomic E-state index is 0.190. The van der Waals surface area contributed by atoms with Crippen molar-refractivity contribution < 1.29 is 4.79 Å². The Morgan fingerprint density at radius 1 is 1.50 bits per heavy atom. The molecule has 1 nitrogen and oxygen atoms in total. The third-order valence-corrected chi connectivity index (χ3v) is 2.14. The van der Waals surface area contributed by atoms with Gasteiger partial charge in [0, 0.05) is 0 Å². The van der Waals surface area contributed by atoms with Crippen molar-refractivity contribution in [2.24, 2.45) is 5.92 Å². The molecular weight excluding hydrogens is 148 g/mol. The lowest BCUT2D eigenvalue weighted by molar-refractivity contribution is -0.111. The van der Waals surface area contributed by atoms with Crippen LogP contribution in [0, 0.1) is 5.92 Å². The van der Waals surface area contributed by atoms with Crippen LogP contribution >= 0.6 is 0 Å². The minimum Gasteiger partial charge on any atom is -0.289 e. The molecule has 0 aliphatic heterocycles. The first-order valence-electron chi connectivity index (χ1n) is 4.52. The molecule has 1 aliphatic rings. The molecule has 0 amide bonds. The first kappa shape index (κ1) is 9.24. The first-order chi connectivity index (χ1) is 5.61. The van der Waals surface area contributed by atoms with Crippen molar-refractivity contribution in [1.29, 1.82) is 0 Å². The van der Waals surface area contributed by atoms with E-state index in [2.05, 4.69) is 26.5 Å². The first-order valence-corrected chi connectivity index (χ1v) is 4.52. The zero-order chi connectivity index (χ0) is 9.14. The maximum atomic E-state index is 11.4. The summed E-state index contributed by atoms with van der Waals surface area (Å²) in [6, 6.07) is 0. The summed E-state index contributed by atoms with van der Waals surface area (Å²) in [4.78, 5) is 11.4. The lowest BCUT2D eigenvalue weighted by Gasteiger charge is -1.98. The van der Waals surface area contributed by atoms with Gasteiger partial charge >= 0.3 is 0 Å². The highest BCUT2D eigenvalue weighted by Crippen LogP contribution is 2.25. The quantitative estimate of drug-likeness (QED) is 0.573. The summed E-state index contributed by atoms with van der Waals surface area (Å²) in [5.41, 5.74) is 1.76. The Balaban J connectivity index is 2.59. The van der Waals surface area contributed by atoms with Crippen molar-refractivity contribution >= 4 is 5.78 Å². The van der Waals surface area contributed by atoms with Crippen LogP contribution in [0.25, 0.3) is 0 Å². The van der Waals surface area contributed by atoms with Crippen LogP contribution in [-0.4, -0.2) is 5.78 Å². The summed E-state index contributed by atoms with van der Waals surface area (Å²) in [6.45, 7) is 8.04. The molecule has 1 rings (SSSR count). The third kappa shape index (κ3) is 2.07. The Morgan fingerprint density at radius 3 is 2.58 bits per heavy atom. The van der Waals surface area contributed by atoms with E-state index >= 15 is 0 Å². The topological polar surface area (TPSA) is 17.1 Å². The van der Waals surface area contributed by atoms with Gasteiger partial charge in [0.2, 0.25) is 0 Å². The van der Waals surface area contributed by atoms with Gasteiger partial charge in [0.25, 0.3) is 0 Å². The predicted octanol–water partition coefficient (Wildman–Crippen LogP) is 2.88. The third-order valence-electron chi connectivity index (χ3n) is 2.14. The van der Waals surface area contributed by atoms with E-state index in [1.807, 2.05) is 0 Å². The summed E-state index contributed by atoms with van der Waals surface area (Å²) >= 11 is 0. The largest absolute Gasteiger partial charge is 0.289 e. The highest BCUT2D eigenvalue weighted by atomic mass is 16.1. The Labute approximate surface area is 74.2 Å². The fourth-order valence-corrected chi connectivity index (χ4v) is 1.31. The molecule has 12 heavy (non-hydrogen) atoms. The molecule has 1 saturated carbocycles. The molecule has 1 fully saturated rings. The predicted molar refractivity (Wildman–Crippen MR) is 50.9 cm³/mol. The Kier molecular flexibility index (Phi) is 2.85. The van der Waals surface area contributed by atoms with E-state index in [-0.39, 0.29) is 5.78 Å². The van der Waals surface area contributed by atoms with Crippen LogP contribution in [0.2, 0.25) is 0 Å². The van der Waals surface area contributed by atoms with Crippen molar-refractivity contribution in [1.82, 2.24) is 0 Å². The fraction of sp³-hybridized carbons (Fsp3) is 0.545. The zero-order valence-electron chi connectivity index (χ0n) is 7.89. The van der Waals surface area contributed by atoms with Gasteiger partial charge in [-0.1, -0.05) is 26.5 Å². The Hall–Kier alpha value is -0.850.